The molecule has 0 bridgehead atoms. The van der Waals surface area contributed by atoms with Crippen molar-refractivity contribution in [3.63, 3.8) is 0 Å². The Hall–Kier alpha value is -0.940. The van der Waals surface area contributed by atoms with Crippen molar-refractivity contribution in [2.75, 3.05) is 39.0 Å². The van der Waals surface area contributed by atoms with Gasteiger partial charge >= 0.3 is 0 Å². The topological polar surface area (TPSA) is 73.8 Å². The Morgan fingerprint density at radius 1 is 1.23 bits per heavy atom. The summed E-state index contributed by atoms with van der Waals surface area (Å²) in [6.07, 6.45) is 1.20. The molecule has 0 heterocycles. The summed E-state index contributed by atoms with van der Waals surface area (Å²) in [4.78, 5) is 4.43. The van der Waals surface area contributed by atoms with Crippen LogP contribution in [0, 0.1) is 5.82 Å². The first-order chi connectivity index (χ1) is 11.9. The number of hydrogen-bond acceptors (Lipinski definition) is 3. The number of benzene rings is 1. The maximum absolute atomic E-state index is 13.6. The fourth-order valence-corrected chi connectivity index (χ4v) is 3.05. The highest BCUT2D eigenvalue weighted by Crippen LogP contribution is 2.06. The van der Waals surface area contributed by atoms with Crippen LogP contribution in [0.25, 0.3) is 0 Å². The normalized spacial score (nSPS) is 12.0. The summed E-state index contributed by atoms with van der Waals surface area (Å²) in [5, 5.41) is 6.29. The molecule has 150 valence electrons. The largest absolute Gasteiger partial charge is 0.357 e. The number of halogens is 2. The molecule has 0 fully saturated rings. The summed E-state index contributed by atoms with van der Waals surface area (Å²) in [5.41, 5.74) is 0.664. The van der Waals surface area contributed by atoms with E-state index in [1.54, 1.807) is 26.1 Å². The van der Waals surface area contributed by atoms with E-state index in [0.717, 1.165) is 6.54 Å². The lowest BCUT2D eigenvalue weighted by molar-refractivity contribution is 0.464. The van der Waals surface area contributed by atoms with Crippen LogP contribution < -0.4 is 10.6 Å². The van der Waals surface area contributed by atoms with Crippen molar-refractivity contribution in [3.8, 4) is 0 Å². The van der Waals surface area contributed by atoms with Gasteiger partial charge in [0.25, 0.3) is 0 Å². The molecule has 0 spiro atoms. The third-order valence-corrected chi connectivity index (χ3v) is 5.59. The second kappa shape index (κ2) is 13.3. The van der Waals surface area contributed by atoms with Gasteiger partial charge in [-0.05, 0) is 38.3 Å². The van der Waals surface area contributed by atoms with E-state index >= 15 is 0 Å². The molecule has 1 aromatic carbocycles. The van der Waals surface area contributed by atoms with Crippen molar-refractivity contribution >= 4 is 40.0 Å². The number of sulfonamides is 1. The monoisotopic (exact) mass is 500 g/mol. The zero-order valence-corrected chi connectivity index (χ0v) is 18.8. The Kier molecular flexibility index (Phi) is 12.8. The molecular formula is C17H30FIN4O2S. The van der Waals surface area contributed by atoms with Crippen molar-refractivity contribution in [1.82, 2.24) is 14.9 Å². The van der Waals surface area contributed by atoms with Gasteiger partial charge in [-0.3, -0.25) is 4.99 Å². The number of nitrogens with zero attached hydrogens (tertiary/aromatic N) is 2. The van der Waals surface area contributed by atoms with Crippen LogP contribution in [-0.2, 0) is 16.4 Å². The standard InChI is InChI=1S/C17H29FN4O2S.HI/c1-4-19-17(20-12-8-14-22(3)25(23,24)5-2)21-13-11-15-9-6-7-10-16(15)18;/h6-7,9-10H,4-5,8,11-14H2,1-3H3,(H2,19,20,21);1H. The van der Waals surface area contributed by atoms with Gasteiger partial charge in [-0.2, -0.15) is 0 Å². The van der Waals surface area contributed by atoms with Gasteiger partial charge in [0.15, 0.2) is 5.96 Å². The van der Waals surface area contributed by atoms with E-state index in [0.29, 0.717) is 44.0 Å². The second-order valence-corrected chi connectivity index (χ2v) is 7.97. The van der Waals surface area contributed by atoms with Gasteiger partial charge in [0.05, 0.1) is 5.75 Å². The van der Waals surface area contributed by atoms with E-state index in [1.807, 2.05) is 13.0 Å². The Balaban J connectivity index is 0.00000625. The lowest BCUT2D eigenvalue weighted by Gasteiger charge is -2.15. The summed E-state index contributed by atoms with van der Waals surface area (Å²) in [6.45, 7) is 5.84. The van der Waals surface area contributed by atoms with Crippen LogP contribution in [0.3, 0.4) is 0 Å². The van der Waals surface area contributed by atoms with Crippen molar-refractivity contribution < 1.29 is 12.8 Å². The van der Waals surface area contributed by atoms with Crippen LogP contribution in [0.15, 0.2) is 29.3 Å². The van der Waals surface area contributed by atoms with Gasteiger partial charge in [-0.15, -0.1) is 24.0 Å². The van der Waals surface area contributed by atoms with Crippen LogP contribution >= 0.6 is 24.0 Å². The van der Waals surface area contributed by atoms with Gasteiger partial charge in [-0.25, -0.2) is 17.1 Å². The molecule has 1 rings (SSSR count). The third kappa shape index (κ3) is 9.13. The molecule has 2 N–H and O–H groups in total. The predicted octanol–water partition coefficient (Wildman–Crippen LogP) is 2.21. The zero-order valence-electron chi connectivity index (χ0n) is 15.7. The van der Waals surface area contributed by atoms with E-state index in [9.17, 15) is 12.8 Å². The Bertz CT molecular complexity index is 656. The van der Waals surface area contributed by atoms with E-state index in [4.69, 9.17) is 0 Å². The number of rotatable bonds is 10. The predicted molar refractivity (Wildman–Crippen MR) is 116 cm³/mol. The number of aliphatic imine (C=N–C) groups is 1. The highest BCUT2D eigenvalue weighted by Gasteiger charge is 2.13. The molecule has 9 heteroatoms. The minimum absolute atomic E-state index is 0. The molecule has 1 aromatic rings. The fraction of sp³-hybridized carbons (Fsp3) is 0.588. The lowest BCUT2D eigenvalue weighted by atomic mass is 10.1. The molecule has 0 aromatic heterocycles. The average molecular weight is 500 g/mol. The zero-order chi connectivity index (χ0) is 18.7. The molecule has 26 heavy (non-hydrogen) atoms. The van der Waals surface area contributed by atoms with Crippen molar-refractivity contribution in [1.29, 1.82) is 0 Å². The van der Waals surface area contributed by atoms with E-state index in [-0.39, 0.29) is 35.5 Å². The Labute approximate surface area is 173 Å². The first kappa shape index (κ1) is 25.1. The third-order valence-electron chi connectivity index (χ3n) is 3.73. The maximum Gasteiger partial charge on any atom is 0.213 e. The van der Waals surface area contributed by atoms with Gasteiger partial charge in [0, 0.05) is 33.2 Å². The van der Waals surface area contributed by atoms with Crippen LogP contribution in [0.2, 0.25) is 0 Å². The maximum atomic E-state index is 13.6. The Morgan fingerprint density at radius 2 is 1.92 bits per heavy atom. The molecule has 0 amide bonds. The van der Waals surface area contributed by atoms with Gasteiger partial charge in [0.2, 0.25) is 10.0 Å². The molecule has 0 aliphatic rings. The molecule has 6 nitrogen and oxygen atoms in total. The molecular weight excluding hydrogens is 470 g/mol. The van der Waals surface area contributed by atoms with E-state index in [2.05, 4.69) is 15.6 Å². The van der Waals surface area contributed by atoms with Crippen molar-refractivity contribution in [2.24, 2.45) is 4.99 Å². The molecule has 0 saturated carbocycles. The lowest BCUT2D eigenvalue weighted by Crippen LogP contribution is -2.38. The molecule has 0 aliphatic carbocycles. The van der Waals surface area contributed by atoms with Gasteiger partial charge in [0.1, 0.15) is 5.82 Å². The van der Waals surface area contributed by atoms with Crippen LogP contribution in [0.4, 0.5) is 4.39 Å². The minimum atomic E-state index is -3.14. The minimum Gasteiger partial charge on any atom is -0.357 e. The van der Waals surface area contributed by atoms with E-state index < -0.39 is 10.0 Å². The smallest absolute Gasteiger partial charge is 0.213 e. The molecule has 0 radical (unpaired) electrons. The fourth-order valence-electron chi connectivity index (χ4n) is 2.20. The first-order valence-electron chi connectivity index (χ1n) is 8.60. The van der Waals surface area contributed by atoms with Crippen LogP contribution in [0.5, 0.6) is 0 Å². The quantitative estimate of drug-likeness (QED) is 0.224. The highest BCUT2D eigenvalue weighted by molar-refractivity contribution is 14.0. The van der Waals surface area contributed by atoms with Crippen molar-refractivity contribution in [2.45, 2.75) is 26.7 Å². The summed E-state index contributed by atoms with van der Waals surface area (Å²) < 4.78 is 38.3. The summed E-state index contributed by atoms with van der Waals surface area (Å²) in [5.74, 6) is 0.554. The number of hydrogen-bond donors (Lipinski definition) is 2. The summed E-state index contributed by atoms with van der Waals surface area (Å²) in [6, 6.07) is 6.71. The first-order valence-corrected chi connectivity index (χ1v) is 10.2. The molecule has 0 aliphatic heterocycles. The molecule has 0 atom stereocenters. The van der Waals surface area contributed by atoms with Crippen LogP contribution in [-0.4, -0.2) is 57.7 Å². The van der Waals surface area contributed by atoms with Crippen molar-refractivity contribution in [3.05, 3.63) is 35.6 Å². The summed E-state index contributed by atoms with van der Waals surface area (Å²) >= 11 is 0. The number of guanidine groups is 1. The highest BCUT2D eigenvalue weighted by atomic mass is 127. The van der Waals surface area contributed by atoms with Gasteiger partial charge in [-0.1, -0.05) is 18.2 Å². The van der Waals surface area contributed by atoms with Gasteiger partial charge < -0.3 is 10.6 Å². The second-order valence-electron chi connectivity index (χ2n) is 5.60. The van der Waals surface area contributed by atoms with Crippen LogP contribution in [0.1, 0.15) is 25.8 Å². The van der Waals surface area contributed by atoms with E-state index in [1.165, 1.54) is 10.4 Å². The SMILES string of the molecule is CCNC(=NCCCN(C)S(=O)(=O)CC)NCCc1ccccc1F.I. The average Bonchev–Trinajstić information content (AvgIpc) is 2.59. The summed E-state index contributed by atoms with van der Waals surface area (Å²) in [7, 11) is -1.56. The number of nitrogens with one attached hydrogen (secondary N) is 2. The Morgan fingerprint density at radius 3 is 2.54 bits per heavy atom. The molecule has 0 unspecified atom stereocenters. The molecule has 0 saturated heterocycles.